The topological polar surface area (TPSA) is 75.7 Å². The van der Waals surface area contributed by atoms with Gasteiger partial charge in [0.15, 0.2) is 0 Å². The number of alkyl halides is 2. The van der Waals surface area contributed by atoms with Gasteiger partial charge in [0, 0.05) is 18.8 Å². The van der Waals surface area contributed by atoms with Crippen molar-refractivity contribution in [2.24, 2.45) is 5.41 Å². The van der Waals surface area contributed by atoms with E-state index in [1.807, 2.05) is 0 Å². The number of rotatable bonds is 4. The molecule has 1 unspecified atom stereocenters. The minimum Gasteiger partial charge on any atom is -0.379 e. The largest absolute Gasteiger partial charge is 0.379 e. The lowest BCUT2D eigenvalue weighted by Gasteiger charge is -2.26. The second kappa shape index (κ2) is 6.39. The third-order valence-electron chi connectivity index (χ3n) is 4.82. The van der Waals surface area contributed by atoms with Crippen molar-refractivity contribution in [2.45, 2.75) is 29.5 Å². The van der Waals surface area contributed by atoms with E-state index in [0.717, 1.165) is 5.56 Å². The second-order valence-corrected chi connectivity index (χ2v) is 10.1. The van der Waals surface area contributed by atoms with Crippen LogP contribution in [0.25, 0.3) is 0 Å². The number of anilines is 1. The Morgan fingerprint density at radius 2 is 1.88 bits per heavy atom. The molecule has 1 amide bonds. The molecule has 25 heavy (non-hydrogen) atoms. The van der Waals surface area contributed by atoms with Crippen LogP contribution in [0.4, 0.5) is 5.69 Å². The maximum Gasteiger partial charge on any atom is 0.243 e. The fourth-order valence-electron chi connectivity index (χ4n) is 2.74. The molecular formula is C16H20Cl2N2O4S. The Bertz CT molecular complexity index is 806. The van der Waals surface area contributed by atoms with Crippen molar-refractivity contribution < 1.29 is 17.9 Å². The van der Waals surface area contributed by atoms with E-state index in [9.17, 15) is 13.2 Å². The molecule has 1 N–H and O–H groups in total. The lowest BCUT2D eigenvalue weighted by molar-refractivity contribution is -0.120. The average Bonchev–Trinajstić information content (AvgIpc) is 3.09. The van der Waals surface area contributed by atoms with Gasteiger partial charge < -0.3 is 10.1 Å². The van der Waals surface area contributed by atoms with E-state index in [2.05, 4.69) is 5.32 Å². The summed E-state index contributed by atoms with van der Waals surface area (Å²) in [6, 6.07) is 4.70. The maximum atomic E-state index is 12.8. The zero-order valence-electron chi connectivity index (χ0n) is 14.0. The van der Waals surface area contributed by atoms with Crippen molar-refractivity contribution in [3.63, 3.8) is 0 Å². The summed E-state index contributed by atoms with van der Waals surface area (Å²) in [5.41, 5.74) is 0.326. The lowest BCUT2D eigenvalue weighted by atomic mass is 10.1. The Balaban J connectivity index is 1.85. The Kier molecular flexibility index (Phi) is 4.83. The van der Waals surface area contributed by atoms with E-state index < -0.39 is 19.8 Å². The molecular weight excluding hydrogens is 387 g/mol. The number of nitrogens with zero attached hydrogens (tertiary/aromatic N) is 1. The summed E-state index contributed by atoms with van der Waals surface area (Å²) >= 11 is 12.1. The van der Waals surface area contributed by atoms with E-state index in [-0.39, 0.29) is 10.8 Å². The Labute approximate surface area is 157 Å². The third kappa shape index (κ3) is 3.40. The molecule has 3 rings (SSSR count). The van der Waals surface area contributed by atoms with E-state index in [0.29, 0.717) is 38.4 Å². The summed E-state index contributed by atoms with van der Waals surface area (Å²) in [5.74, 6) is -0.318. The van der Waals surface area contributed by atoms with Crippen LogP contribution in [-0.4, -0.2) is 49.3 Å². The van der Waals surface area contributed by atoms with Crippen LogP contribution in [0.1, 0.15) is 18.9 Å². The molecule has 138 valence electrons. The van der Waals surface area contributed by atoms with E-state index in [1.54, 1.807) is 26.0 Å². The summed E-state index contributed by atoms with van der Waals surface area (Å²) in [7, 11) is -3.63. The number of hydrogen-bond donors (Lipinski definition) is 1. The predicted octanol–water partition coefficient (Wildman–Crippen LogP) is 2.54. The van der Waals surface area contributed by atoms with E-state index in [1.165, 1.54) is 10.4 Å². The number of carbonyl (C=O) groups is 1. The van der Waals surface area contributed by atoms with Gasteiger partial charge in [0.2, 0.25) is 15.9 Å². The predicted molar refractivity (Wildman–Crippen MR) is 96.5 cm³/mol. The minimum atomic E-state index is -3.63. The summed E-state index contributed by atoms with van der Waals surface area (Å²) in [6.45, 7) is 4.87. The highest BCUT2D eigenvalue weighted by atomic mass is 35.5. The van der Waals surface area contributed by atoms with Gasteiger partial charge in [-0.05, 0) is 38.0 Å². The summed E-state index contributed by atoms with van der Waals surface area (Å²) in [6.07, 6.45) is 0.361. The number of sulfonamides is 1. The highest BCUT2D eigenvalue weighted by Crippen LogP contribution is 2.64. The molecule has 1 aromatic rings. The van der Waals surface area contributed by atoms with Gasteiger partial charge in [-0.2, -0.15) is 4.31 Å². The molecule has 0 aromatic heterocycles. The smallest absolute Gasteiger partial charge is 0.243 e. The standard InChI is InChI=1S/C16H20Cl2N2O4S/c1-11-3-4-12(25(22,23)20-5-7-24-8-6-20)9-13(11)19-14(21)15(2)10-16(15,17)18/h3-4,9H,5-8,10H2,1-2H3,(H,19,21). The van der Waals surface area contributed by atoms with Crippen molar-refractivity contribution in [1.82, 2.24) is 4.31 Å². The molecule has 1 aliphatic carbocycles. The molecule has 9 heteroatoms. The number of carbonyl (C=O) groups excluding carboxylic acids is 1. The van der Waals surface area contributed by atoms with Crippen LogP contribution in [0.2, 0.25) is 0 Å². The van der Waals surface area contributed by atoms with Gasteiger partial charge in [-0.3, -0.25) is 4.79 Å². The highest BCUT2D eigenvalue weighted by molar-refractivity contribution is 7.89. The molecule has 1 saturated carbocycles. The molecule has 2 aliphatic rings. The molecule has 1 saturated heterocycles. The molecule has 1 aromatic carbocycles. The highest BCUT2D eigenvalue weighted by Gasteiger charge is 2.67. The van der Waals surface area contributed by atoms with Crippen LogP contribution in [-0.2, 0) is 19.6 Å². The van der Waals surface area contributed by atoms with Crippen LogP contribution < -0.4 is 5.32 Å². The summed E-state index contributed by atoms with van der Waals surface area (Å²) in [4.78, 5) is 12.6. The molecule has 0 spiro atoms. The van der Waals surface area contributed by atoms with E-state index >= 15 is 0 Å². The molecule has 1 heterocycles. The van der Waals surface area contributed by atoms with Crippen molar-refractivity contribution in [2.75, 3.05) is 31.6 Å². The van der Waals surface area contributed by atoms with Crippen LogP contribution in [0, 0.1) is 12.3 Å². The fraction of sp³-hybridized carbons (Fsp3) is 0.562. The first-order valence-corrected chi connectivity index (χ1v) is 10.2. The zero-order valence-corrected chi connectivity index (χ0v) is 16.3. The number of morpholine rings is 1. The Hall–Kier alpha value is -0.860. The molecule has 2 fully saturated rings. The second-order valence-electron chi connectivity index (χ2n) is 6.66. The van der Waals surface area contributed by atoms with Crippen molar-refractivity contribution >= 4 is 44.8 Å². The minimum absolute atomic E-state index is 0.138. The fourth-order valence-corrected chi connectivity index (χ4v) is 4.88. The van der Waals surface area contributed by atoms with Gasteiger partial charge in [0.25, 0.3) is 0 Å². The number of hydrogen-bond acceptors (Lipinski definition) is 4. The first-order chi connectivity index (χ1) is 11.6. The average molecular weight is 407 g/mol. The van der Waals surface area contributed by atoms with Crippen molar-refractivity contribution in [1.29, 1.82) is 0 Å². The van der Waals surface area contributed by atoms with Gasteiger partial charge in [-0.25, -0.2) is 8.42 Å². The number of amides is 1. The Morgan fingerprint density at radius 1 is 1.28 bits per heavy atom. The molecule has 1 atom stereocenters. The zero-order chi connectivity index (χ0) is 18.5. The number of halogens is 2. The molecule has 0 radical (unpaired) electrons. The van der Waals surface area contributed by atoms with Gasteiger partial charge in [-0.1, -0.05) is 6.07 Å². The summed E-state index contributed by atoms with van der Waals surface area (Å²) in [5, 5.41) is 2.77. The van der Waals surface area contributed by atoms with Gasteiger partial charge in [-0.15, -0.1) is 23.2 Å². The normalized spacial score (nSPS) is 26.2. The first kappa shape index (κ1) is 18.9. The Morgan fingerprint density at radius 3 is 2.44 bits per heavy atom. The van der Waals surface area contributed by atoms with Gasteiger partial charge in [0.05, 0.1) is 23.5 Å². The van der Waals surface area contributed by atoms with Crippen molar-refractivity contribution in [3.8, 4) is 0 Å². The van der Waals surface area contributed by atoms with Crippen LogP contribution in [0.3, 0.4) is 0 Å². The van der Waals surface area contributed by atoms with Crippen LogP contribution in [0.5, 0.6) is 0 Å². The monoisotopic (exact) mass is 406 g/mol. The number of ether oxygens (including phenoxy) is 1. The number of aryl methyl sites for hydroxylation is 1. The number of nitrogens with one attached hydrogen (secondary N) is 1. The quantitative estimate of drug-likeness (QED) is 0.779. The van der Waals surface area contributed by atoms with Crippen LogP contribution >= 0.6 is 23.2 Å². The third-order valence-corrected chi connectivity index (χ3v) is 7.82. The number of benzene rings is 1. The summed E-state index contributed by atoms with van der Waals surface area (Å²) < 4.78 is 31.0. The molecule has 1 aliphatic heterocycles. The first-order valence-electron chi connectivity index (χ1n) is 7.96. The molecule has 6 nitrogen and oxygen atoms in total. The molecule has 0 bridgehead atoms. The van der Waals surface area contributed by atoms with Crippen LogP contribution in [0.15, 0.2) is 23.1 Å². The van der Waals surface area contributed by atoms with Crippen molar-refractivity contribution in [3.05, 3.63) is 23.8 Å². The van der Waals surface area contributed by atoms with E-state index in [4.69, 9.17) is 27.9 Å². The maximum absolute atomic E-state index is 12.8. The SMILES string of the molecule is Cc1ccc(S(=O)(=O)N2CCOCC2)cc1NC(=O)C1(C)CC1(Cl)Cl. The lowest BCUT2D eigenvalue weighted by Crippen LogP contribution is -2.40. The van der Waals surface area contributed by atoms with Gasteiger partial charge >= 0.3 is 0 Å². The van der Waals surface area contributed by atoms with Gasteiger partial charge in [0.1, 0.15) is 4.33 Å².